The Kier molecular flexibility index (Phi) is 3.80. The van der Waals surface area contributed by atoms with Gasteiger partial charge in [0, 0.05) is 6.42 Å². The van der Waals surface area contributed by atoms with Crippen LogP contribution in [0.1, 0.15) is 19.8 Å². The fourth-order valence-electron chi connectivity index (χ4n) is 1.78. The minimum Gasteiger partial charge on any atom is -0.342 e. The highest BCUT2D eigenvalue weighted by molar-refractivity contribution is 7.91. The van der Waals surface area contributed by atoms with Crippen molar-refractivity contribution in [2.75, 3.05) is 5.32 Å². The second kappa shape index (κ2) is 4.99. The Morgan fingerprint density at radius 1 is 1.40 bits per heavy atom. The predicted molar refractivity (Wildman–Crippen MR) is 76.0 cm³/mol. The van der Waals surface area contributed by atoms with E-state index < -0.39 is 24.9 Å². The van der Waals surface area contributed by atoms with E-state index in [1.165, 1.54) is 6.07 Å². The molecule has 10 heteroatoms. The zero-order valence-electron chi connectivity index (χ0n) is 10.4. The molecule has 0 amide bonds. The summed E-state index contributed by atoms with van der Waals surface area (Å²) >= 11 is 5.83. The Balaban J connectivity index is 2.67. The van der Waals surface area contributed by atoms with Gasteiger partial charge in [0.05, 0.1) is 10.7 Å². The van der Waals surface area contributed by atoms with Gasteiger partial charge in [0.25, 0.3) is 10.0 Å². The van der Waals surface area contributed by atoms with E-state index in [0.29, 0.717) is 18.7 Å². The quantitative estimate of drug-likeness (QED) is 0.861. The fourth-order valence-corrected chi connectivity index (χ4v) is 4.14. The predicted octanol–water partition coefficient (Wildman–Crippen LogP) is 1.30. The van der Waals surface area contributed by atoms with E-state index in [1.54, 1.807) is 0 Å². The number of nitrogens with one attached hydrogen (secondary N) is 1. The molecule has 0 bridgehead atoms. The van der Waals surface area contributed by atoms with Crippen LogP contribution in [0.5, 0.6) is 0 Å². The van der Waals surface area contributed by atoms with Crippen molar-refractivity contribution in [1.29, 1.82) is 0 Å². The second-order valence-corrected chi connectivity index (χ2v) is 7.72. The molecule has 2 rings (SSSR count). The summed E-state index contributed by atoms with van der Waals surface area (Å²) in [6.45, 7) is 1.88. The van der Waals surface area contributed by atoms with Gasteiger partial charge in [-0.1, -0.05) is 18.5 Å². The molecule has 1 aliphatic rings. The molecule has 0 radical (unpaired) electrons. The van der Waals surface area contributed by atoms with Crippen LogP contribution in [0.25, 0.3) is 0 Å². The van der Waals surface area contributed by atoms with Crippen molar-refractivity contribution >= 4 is 43.2 Å². The van der Waals surface area contributed by atoms with Gasteiger partial charge in [-0.15, -0.1) is 4.40 Å². The van der Waals surface area contributed by atoms with E-state index in [-0.39, 0.29) is 15.6 Å². The largest absolute Gasteiger partial charge is 0.342 e. The maximum atomic E-state index is 12.0. The molecular weight excluding hydrogens is 326 g/mol. The summed E-state index contributed by atoms with van der Waals surface area (Å²) in [4.78, 5) is -0.705. The number of hydrogen-bond donors (Lipinski definition) is 2. The summed E-state index contributed by atoms with van der Waals surface area (Å²) in [7, 11) is -8.08. The minimum atomic E-state index is -4.11. The molecule has 0 saturated carbocycles. The van der Waals surface area contributed by atoms with E-state index in [2.05, 4.69) is 9.71 Å². The summed E-state index contributed by atoms with van der Waals surface area (Å²) in [5.74, 6) is 0.291. The normalized spacial score (nSPS) is 17.1. The van der Waals surface area contributed by atoms with Crippen molar-refractivity contribution in [3.05, 3.63) is 17.2 Å². The summed E-state index contributed by atoms with van der Waals surface area (Å²) in [5.41, 5.74) is 0.195. The molecule has 0 unspecified atom stereocenters. The molecule has 0 spiro atoms. The lowest BCUT2D eigenvalue weighted by Crippen LogP contribution is -2.22. The molecule has 3 N–H and O–H groups in total. The van der Waals surface area contributed by atoms with Crippen molar-refractivity contribution in [3.63, 3.8) is 0 Å². The van der Waals surface area contributed by atoms with Crippen LogP contribution in [0.15, 0.2) is 26.3 Å². The van der Waals surface area contributed by atoms with Crippen molar-refractivity contribution in [2.45, 2.75) is 29.6 Å². The third-order valence-corrected chi connectivity index (χ3v) is 5.34. The number of hydrogen-bond acceptors (Lipinski definition) is 5. The van der Waals surface area contributed by atoms with Crippen LogP contribution < -0.4 is 10.5 Å². The number of nitrogens with zero attached hydrogens (tertiary/aromatic N) is 1. The standard InChI is InChI=1S/C10H12ClN3O4S2/c1-2-3-10-13-7-4-6(11)8(19(12,15)16)5-9(7)20(17,18)14-10/h4-5H,2-3H2,1H3,(H,13,14)(H2,12,15,16). The van der Waals surface area contributed by atoms with Gasteiger partial charge in [0.15, 0.2) is 0 Å². The summed E-state index contributed by atoms with van der Waals surface area (Å²) in [6.07, 6.45) is 1.16. The van der Waals surface area contributed by atoms with E-state index >= 15 is 0 Å². The van der Waals surface area contributed by atoms with Gasteiger partial charge in [-0.3, -0.25) is 0 Å². The first-order valence-electron chi connectivity index (χ1n) is 5.62. The molecule has 1 aromatic carbocycles. The van der Waals surface area contributed by atoms with Crippen molar-refractivity contribution < 1.29 is 16.8 Å². The zero-order valence-corrected chi connectivity index (χ0v) is 12.8. The molecule has 110 valence electrons. The highest BCUT2D eigenvalue weighted by Gasteiger charge is 2.28. The van der Waals surface area contributed by atoms with Crippen LogP contribution in [0.3, 0.4) is 0 Å². The Morgan fingerprint density at radius 2 is 2.05 bits per heavy atom. The highest BCUT2D eigenvalue weighted by Crippen LogP contribution is 2.34. The second-order valence-electron chi connectivity index (χ2n) is 4.21. The molecule has 20 heavy (non-hydrogen) atoms. The number of nitrogens with two attached hydrogens (primary N) is 1. The minimum absolute atomic E-state index is 0.147. The number of rotatable bonds is 3. The van der Waals surface area contributed by atoms with Gasteiger partial charge in [-0.05, 0) is 18.6 Å². The Bertz CT molecular complexity index is 800. The van der Waals surface area contributed by atoms with Gasteiger partial charge in [-0.2, -0.15) is 8.42 Å². The van der Waals surface area contributed by atoms with E-state index in [0.717, 1.165) is 6.07 Å². The highest BCUT2D eigenvalue weighted by atomic mass is 35.5. The lowest BCUT2D eigenvalue weighted by molar-refractivity contribution is 0.596. The van der Waals surface area contributed by atoms with Crippen molar-refractivity contribution in [3.8, 4) is 0 Å². The van der Waals surface area contributed by atoms with Crippen molar-refractivity contribution in [1.82, 2.24) is 0 Å². The number of halogens is 1. The van der Waals surface area contributed by atoms with Crippen LogP contribution in [0.4, 0.5) is 5.69 Å². The Labute approximate surface area is 121 Å². The Morgan fingerprint density at radius 3 is 2.60 bits per heavy atom. The first-order chi connectivity index (χ1) is 9.15. The topological polar surface area (TPSA) is 119 Å². The maximum Gasteiger partial charge on any atom is 0.286 e. The molecule has 0 aromatic heterocycles. The number of primary sulfonamides is 1. The van der Waals surface area contributed by atoms with Crippen LogP contribution in [0, 0.1) is 0 Å². The third kappa shape index (κ3) is 2.80. The van der Waals surface area contributed by atoms with E-state index in [1.807, 2.05) is 6.92 Å². The van der Waals surface area contributed by atoms with Gasteiger partial charge in [0.1, 0.15) is 15.6 Å². The number of anilines is 1. The van der Waals surface area contributed by atoms with Crippen LogP contribution >= 0.6 is 11.6 Å². The first kappa shape index (κ1) is 15.2. The fraction of sp³-hybridized carbons (Fsp3) is 0.300. The molecule has 1 heterocycles. The first-order valence-corrected chi connectivity index (χ1v) is 8.99. The van der Waals surface area contributed by atoms with Gasteiger partial charge < -0.3 is 5.32 Å². The number of fused-ring (bicyclic) bond motifs is 1. The lowest BCUT2D eigenvalue weighted by Gasteiger charge is -2.19. The molecule has 0 aliphatic carbocycles. The molecule has 0 atom stereocenters. The molecule has 0 saturated heterocycles. The summed E-state index contributed by atoms with van der Waals surface area (Å²) in [6, 6.07) is 2.14. The van der Waals surface area contributed by atoms with Crippen LogP contribution in [0.2, 0.25) is 5.02 Å². The zero-order chi connectivity index (χ0) is 15.1. The van der Waals surface area contributed by atoms with Gasteiger partial charge in [0.2, 0.25) is 10.0 Å². The smallest absolute Gasteiger partial charge is 0.286 e. The molecule has 1 aliphatic heterocycles. The van der Waals surface area contributed by atoms with Gasteiger partial charge in [-0.25, -0.2) is 13.6 Å². The molecular formula is C10H12ClN3O4S2. The van der Waals surface area contributed by atoms with E-state index in [4.69, 9.17) is 16.7 Å². The average Bonchev–Trinajstić information content (AvgIpc) is 2.25. The number of amidine groups is 1. The SMILES string of the molecule is CCCC1=NS(=O)(=O)c2cc(S(N)(=O)=O)c(Cl)cc2N1. The van der Waals surface area contributed by atoms with Crippen molar-refractivity contribution in [2.24, 2.45) is 9.54 Å². The third-order valence-electron chi connectivity index (χ3n) is 2.61. The van der Waals surface area contributed by atoms with E-state index in [9.17, 15) is 16.8 Å². The molecule has 7 nitrogen and oxygen atoms in total. The lowest BCUT2D eigenvalue weighted by atomic mass is 10.2. The molecule has 1 aromatic rings. The summed E-state index contributed by atoms with van der Waals surface area (Å²) in [5, 5.41) is 7.67. The Hall–Kier alpha value is -1.16. The summed E-state index contributed by atoms with van der Waals surface area (Å²) < 4.78 is 50.4. The number of sulfonamides is 2. The van der Waals surface area contributed by atoms with Crippen LogP contribution in [-0.4, -0.2) is 22.7 Å². The average molecular weight is 338 g/mol. The van der Waals surface area contributed by atoms with Gasteiger partial charge >= 0.3 is 0 Å². The van der Waals surface area contributed by atoms with Crippen LogP contribution in [-0.2, 0) is 20.0 Å². The number of benzene rings is 1. The maximum absolute atomic E-state index is 12.0. The monoisotopic (exact) mass is 337 g/mol. The molecule has 0 fully saturated rings.